The van der Waals surface area contributed by atoms with E-state index >= 15 is 0 Å². The summed E-state index contributed by atoms with van der Waals surface area (Å²) in [4.78, 5) is 27.9. The number of ether oxygens (including phenoxy) is 2. The highest BCUT2D eigenvalue weighted by molar-refractivity contribution is 6.30. The van der Waals surface area contributed by atoms with Crippen molar-refractivity contribution in [1.29, 1.82) is 0 Å². The molecule has 1 aliphatic heterocycles. The van der Waals surface area contributed by atoms with Gasteiger partial charge in [0.05, 0.1) is 25.2 Å². The van der Waals surface area contributed by atoms with Gasteiger partial charge in [-0.05, 0) is 64.4 Å². The van der Waals surface area contributed by atoms with Gasteiger partial charge in [0, 0.05) is 26.7 Å². The average Bonchev–Trinajstić information content (AvgIpc) is 3.29. The maximum absolute atomic E-state index is 13.3. The number of hydrogen-bond donors (Lipinski definition) is 1. The predicted molar refractivity (Wildman–Crippen MR) is 150 cm³/mol. The number of halogens is 1. The molecule has 0 saturated carbocycles. The van der Waals surface area contributed by atoms with E-state index in [4.69, 9.17) is 25.5 Å². The summed E-state index contributed by atoms with van der Waals surface area (Å²) in [6, 6.07) is 14.5. The van der Waals surface area contributed by atoms with Crippen LogP contribution in [-0.2, 0) is 14.3 Å². The topological polar surface area (TPSA) is 89.2 Å². The molecule has 5 rings (SSSR count). The maximum Gasteiger partial charge on any atom is 0.342 e. The van der Waals surface area contributed by atoms with Crippen LogP contribution in [0.4, 0.5) is 0 Å². The summed E-state index contributed by atoms with van der Waals surface area (Å²) in [5.41, 5.74) is 2.30. The van der Waals surface area contributed by atoms with Crippen LogP contribution in [0.15, 0.2) is 52.9 Å². The number of phenolic OH excluding ortho intramolecular Hbond substituents is 1. The number of carbonyl (C=O) groups is 2. The minimum Gasteiger partial charge on any atom is -0.507 e. The Hall–Kier alpha value is -3.55. The quantitative estimate of drug-likeness (QED) is 0.254. The highest BCUT2D eigenvalue weighted by Crippen LogP contribution is 2.48. The molecule has 204 valence electrons. The molecule has 8 heteroatoms. The van der Waals surface area contributed by atoms with Crippen LogP contribution in [0, 0.1) is 12.8 Å². The first-order valence-corrected chi connectivity index (χ1v) is 13.7. The number of furan rings is 1. The molecule has 0 amide bonds. The zero-order valence-electron chi connectivity index (χ0n) is 22.3. The van der Waals surface area contributed by atoms with Crippen LogP contribution in [0.25, 0.3) is 21.7 Å². The number of phenols is 1. The average molecular weight is 550 g/mol. The molecule has 2 heterocycles. The number of nitrogens with zero attached hydrogens (tertiary/aromatic N) is 1. The van der Waals surface area contributed by atoms with Crippen LogP contribution < -0.4 is 0 Å². The molecular formula is C31H32ClNO6. The molecule has 0 spiro atoms. The monoisotopic (exact) mass is 549 g/mol. The van der Waals surface area contributed by atoms with Crippen LogP contribution in [0.2, 0.25) is 5.02 Å². The summed E-state index contributed by atoms with van der Waals surface area (Å²) in [5, 5.41) is 14.4. The number of carbonyl (C=O) groups excluding carboxylic acids is 2. The third-order valence-electron chi connectivity index (χ3n) is 7.49. The van der Waals surface area contributed by atoms with E-state index in [1.54, 1.807) is 13.8 Å². The van der Waals surface area contributed by atoms with Crippen molar-refractivity contribution >= 4 is 45.3 Å². The molecule has 1 N–H and O–H groups in total. The van der Waals surface area contributed by atoms with Gasteiger partial charge in [0.15, 0.2) is 0 Å². The van der Waals surface area contributed by atoms with E-state index in [1.165, 1.54) is 0 Å². The van der Waals surface area contributed by atoms with E-state index in [2.05, 4.69) is 4.90 Å². The first-order valence-electron chi connectivity index (χ1n) is 13.4. The van der Waals surface area contributed by atoms with E-state index in [0.29, 0.717) is 76.2 Å². The zero-order valence-corrected chi connectivity index (χ0v) is 23.1. The van der Waals surface area contributed by atoms with Gasteiger partial charge in [-0.3, -0.25) is 9.69 Å². The molecular weight excluding hydrogens is 518 g/mol. The van der Waals surface area contributed by atoms with Gasteiger partial charge in [-0.1, -0.05) is 48.0 Å². The number of esters is 2. The molecule has 0 radical (unpaired) electrons. The Labute approximate surface area is 232 Å². The smallest absolute Gasteiger partial charge is 0.342 e. The summed E-state index contributed by atoms with van der Waals surface area (Å²) in [6.07, 6.45) is 1.24. The molecule has 1 fully saturated rings. The van der Waals surface area contributed by atoms with Gasteiger partial charge in [0.1, 0.15) is 22.7 Å². The van der Waals surface area contributed by atoms with Gasteiger partial charge >= 0.3 is 11.9 Å². The highest BCUT2D eigenvalue weighted by Gasteiger charge is 2.36. The lowest BCUT2D eigenvalue weighted by Crippen LogP contribution is -2.39. The minimum absolute atomic E-state index is 0.0805. The fourth-order valence-corrected chi connectivity index (χ4v) is 5.84. The number of aryl methyl sites for hydroxylation is 1. The van der Waals surface area contributed by atoms with E-state index in [9.17, 15) is 14.7 Å². The van der Waals surface area contributed by atoms with Crippen LogP contribution in [0.5, 0.6) is 5.75 Å². The summed E-state index contributed by atoms with van der Waals surface area (Å²) >= 11 is 6.25. The molecule has 1 atom stereocenters. The zero-order chi connectivity index (χ0) is 27.7. The normalized spacial score (nSPS) is 15.5. The Balaban J connectivity index is 1.75. The predicted octanol–water partition coefficient (Wildman–Crippen LogP) is 6.79. The summed E-state index contributed by atoms with van der Waals surface area (Å²) in [5.74, 6) is -0.344. The second-order valence-electron chi connectivity index (χ2n) is 9.78. The molecule has 4 aromatic rings. The number of hydrogen-bond acceptors (Lipinski definition) is 7. The lowest BCUT2D eigenvalue weighted by Gasteiger charge is -2.38. The van der Waals surface area contributed by atoms with E-state index < -0.39 is 12.0 Å². The van der Waals surface area contributed by atoms with Crippen LogP contribution in [0.1, 0.15) is 60.0 Å². The Morgan fingerprint density at radius 1 is 1.03 bits per heavy atom. The van der Waals surface area contributed by atoms with Crippen molar-refractivity contribution in [1.82, 2.24) is 4.90 Å². The molecule has 0 aliphatic carbocycles. The fraction of sp³-hybridized carbons (Fsp3) is 0.355. The van der Waals surface area contributed by atoms with Crippen molar-refractivity contribution in [2.45, 2.75) is 39.7 Å². The van der Waals surface area contributed by atoms with Gasteiger partial charge in [0.25, 0.3) is 0 Å². The van der Waals surface area contributed by atoms with Crippen molar-refractivity contribution < 1.29 is 28.6 Å². The van der Waals surface area contributed by atoms with Gasteiger partial charge in [-0.15, -0.1) is 0 Å². The van der Waals surface area contributed by atoms with Crippen molar-refractivity contribution in [2.24, 2.45) is 5.92 Å². The third kappa shape index (κ3) is 4.97. The van der Waals surface area contributed by atoms with Crippen molar-refractivity contribution in [3.63, 3.8) is 0 Å². The number of fused-ring (bicyclic) bond motifs is 3. The van der Waals surface area contributed by atoms with E-state index in [1.807, 2.05) is 55.5 Å². The minimum atomic E-state index is -0.499. The van der Waals surface area contributed by atoms with Gasteiger partial charge in [-0.25, -0.2) is 4.79 Å². The van der Waals surface area contributed by atoms with Crippen molar-refractivity contribution in [2.75, 3.05) is 26.3 Å². The van der Waals surface area contributed by atoms with Crippen LogP contribution >= 0.6 is 11.6 Å². The molecule has 1 aliphatic rings. The molecule has 1 saturated heterocycles. The summed E-state index contributed by atoms with van der Waals surface area (Å²) in [6.45, 7) is 7.06. The van der Waals surface area contributed by atoms with Gasteiger partial charge < -0.3 is 19.0 Å². The Kier molecular flexibility index (Phi) is 7.82. The molecule has 0 bridgehead atoms. The number of aromatic hydroxyl groups is 1. The fourth-order valence-electron chi connectivity index (χ4n) is 5.72. The number of rotatable bonds is 7. The summed E-state index contributed by atoms with van der Waals surface area (Å²) < 4.78 is 16.9. The first kappa shape index (κ1) is 27.0. The van der Waals surface area contributed by atoms with E-state index in [0.717, 1.165) is 5.56 Å². The molecule has 39 heavy (non-hydrogen) atoms. The molecule has 7 nitrogen and oxygen atoms in total. The first-order chi connectivity index (χ1) is 18.8. The largest absolute Gasteiger partial charge is 0.507 e. The van der Waals surface area contributed by atoms with Crippen LogP contribution in [-0.4, -0.2) is 48.2 Å². The molecule has 1 aromatic heterocycles. The molecule has 3 aromatic carbocycles. The Morgan fingerprint density at radius 3 is 2.31 bits per heavy atom. The maximum atomic E-state index is 13.3. The van der Waals surface area contributed by atoms with Gasteiger partial charge in [-0.2, -0.15) is 0 Å². The highest BCUT2D eigenvalue weighted by atomic mass is 35.5. The Bertz CT molecular complexity index is 1520. The second kappa shape index (κ2) is 11.3. The summed E-state index contributed by atoms with van der Waals surface area (Å²) in [7, 11) is 0. The van der Waals surface area contributed by atoms with Crippen molar-refractivity contribution in [3.8, 4) is 5.75 Å². The lowest BCUT2D eigenvalue weighted by molar-refractivity contribution is -0.149. The second-order valence-corrected chi connectivity index (χ2v) is 10.2. The lowest BCUT2D eigenvalue weighted by atomic mass is 9.87. The number of piperidine rings is 1. The standard InChI is InChI=1S/C31H32ClNO6/c1-4-37-30(35)20-14-16-33(17-15-20)27(19-10-12-21(32)13-11-19)26-25-24(31(36)38-5-2)18(3)39-29(25)23-9-7-6-8-22(23)28(26)34/h6-13,20,27,34H,4-5,14-17H2,1-3H3. The van der Waals surface area contributed by atoms with Crippen LogP contribution in [0.3, 0.4) is 0 Å². The van der Waals surface area contributed by atoms with Crippen molar-refractivity contribution in [3.05, 3.63) is 76.0 Å². The number of likely N-dealkylation sites (tertiary alicyclic amines) is 1. The SMILES string of the molecule is CCOC(=O)c1c(C)oc2c1c(C(c1ccc(Cl)cc1)N1CCC(C(=O)OCC)CC1)c(O)c1ccccc12. The molecule has 1 unspecified atom stereocenters. The number of benzene rings is 3. The third-order valence-corrected chi connectivity index (χ3v) is 7.74. The van der Waals surface area contributed by atoms with Gasteiger partial charge in [0.2, 0.25) is 0 Å². The van der Waals surface area contributed by atoms with E-state index in [-0.39, 0.29) is 24.2 Å². The Morgan fingerprint density at radius 2 is 1.67 bits per heavy atom.